The normalized spacial score (nSPS) is 21.0. The molecule has 0 spiro atoms. The van der Waals surface area contributed by atoms with Crippen LogP contribution in [-0.4, -0.2) is 18.6 Å². The molecule has 22 heavy (non-hydrogen) atoms. The van der Waals surface area contributed by atoms with Crippen LogP contribution in [0.25, 0.3) is 0 Å². The Morgan fingerprint density at radius 1 is 1.36 bits per heavy atom. The van der Waals surface area contributed by atoms with E-state index in [1.165, 1.54) is 0 Å². The fraction of sp³-hybridized carbons (Fsp3) is 0.375. The second kappa shape index (κ2) is 7.45. The molecule has 0 aliphatic carbocycles. The van der Waals surface area contributed by atoms with Gasteiger partial charge in [-0.15, -0.1) is 0 Å². The summed E-state index contributed by atoms with van der Waals surface area (Å²) in [6.07, 6.45) is 1.76. The molecule has 1 saturated heterocycles. The molecule has 2 N–H and O–H groups in total. The van der Waals surface area contributed by atoms with E-state index < -0.39 is 12.0 Å². The lowest BCUT2D eigenvalue weighted by molar-refractivity contribution is -0.148. The fourth-order valence-corrected chi connectivity index (χ4v) is 2.58. The van der Waals surface area contributed by atoms with Crippen LogP contribution in [0.5, 0.6) is 0 Å². The van der Waals surface area contributed by atoms with E-state index in [1.807, 2.05) is 31.2 Å². The van der Waals surface area contributed by atoms with Crippen molar-refractivity contribution in [3.8, 4) is 0 Å². The Labute approximate surface area is 138 Å². The van der Waals surface area contributed by atoms with E-state index in [-0.39, 0.29) is 12.0 Å². The van der Waals surface area contributed by atoms with Gasteiger partial charge in [0.1, 0.15) is 5.92 Å². The average Bonchev–Trinajstić information content (AvgIpc) is 2.47. The maximum Gasteiger partial charge on any atom is 0.319 e. The third kappa shape index (κ3) is 3.88. The number of halogens is 1. The Bertz CT molecular complexity index is 571. The third-order valence-corrected chi connectivity index (χ3v) is 4.02. The highest BCUT2D eigenvalue weighted by atomic mass is 79.9. The molecule has 0 saturated carbocycles. The summed E-state index contributed by atoms with van der Waals surface area (Å²) in [7, 11) is 0. The van der Waals surface area contributed by atoms with E-state index in [4.69, 9.17) is 4.74 Å². The predicted octanol–water partition coefficient (Wildman–Crippen LogP) is 3.28. The zero-order chi connectivity index (χ0) is 16.1. The lowest BCUT2D eigenvalue weighted by atomic mass is 9.89. The number of carbonyl (C=O) groups is 2. The standard InChI is InChI=1S/C16H19BrN2O3/c1-3-4-9-22-15(20)13-10(2)18-16(21)19-14(13)11-5-7-12(17)8-6-11/h5-8,13-14H,2-4,9H2,1H3,(H2,18,19,21)/t13-,14+/m1/s1. The molecule has 1 heterocycles. The molecule has 1 aliphatic heterocycles. The van der Waals surface area contributed by atoms with Crippen LogP contribution in [0.3, 0.4) is 0 Å². The highest BCUT2D eigenvalue weighted by molar-refractivity contribution is 9.10. The molecule has 0 radical (unpaired) electrons. The van der Waals surface area contributed by atoms with Crippen molar-refractivity contribution in [2.45, 2.75) is 25.8 Å². The molecule has 0 unspecified atom stereocenters. The topological polar surface area (TPSA) is 67.4 Å². The first-order valence-electron chi connectivity index (χ1n) is 7.21. The number of benzene rings is 1. The summed E-state index contributed by atoms with van der Waals surface area (Å²) in [5, 5.41) is 5.33. The minimum atomic E-state index is -0.643. The molecule has 2 atom stereocenters. The number of amides is 2. The van der Waals surface area contributed by atoms with Crippen LogP contribution in [-0.2, 0) is 9.53 Å². The van der Waals surface area contributed by atoms with Crippen molar-refractivity contribution >= 4 is 27.9 Å². The predicted molar refractivity (Wildman–Crippen MR) is 87.0 cm³/mol. The van der Waals surface area contributed by atoms with Gasteiger partial charge in [-0.2, -0.15) is 0 Å². The van der Waals surface area contributed by atoms with Crippen molar-refractivity contribution < 1.29 is 14.3 Å². The monoisotopic (exact) mass is 366 g/mol. The zero-order valence-electron chi connectivity index (χ0n) is 12.4. The van der Waals surface area contributed by atoms with E-state index in [0.717, 1.165) is 22.9 Å². The first-order chi connectivity index (χ1) is 10.5. The molecule has 118 valence electrons. The molecular formula is C16H19BrN2O3. The summed E-state index contributed by atoms with van der Waals surface area (Å²) in [6, 6.07) is 6.61. The van der Waals surface area contributed by atoms with Gasteiger partial charge in [0.15, 0.2) is 0 Å². The lowest BCUT2D eigenvalue weighted by Gasteiger charge is -2.33. The van der Waals surface area contributed by atoms with E-state index in [0.29, 0.717) is 12.3 Å². The molecule has 1 aliphatic rings. The molecule has 1 fully saturated rings. The number of hydrogen-bond acceptors (Lipinski definition) is 3. The minimum absolute atomic E-state index is 0.359. The second-order valence-electron chi connectivity index (χ2n) is 5.15. The summed E-state index contributed by atoms with van der Waals surface area (Å²) in [4.78, 5) is 24.1. The maximum atomic E-state index is 12.4. The Kier molecular flexibility index (Phi) is 5.60. The average molecular weight is 367 g/mol. The molecule has 0 aromatic heterocycles. The van der Waals surface area contributed by atoms with Gasteiger partial charge in [0.2, 0.25) is 0 Å². The smallest absolute Gasteiger partial charge is 0.319 e. The molecule has 1 aromatic carbocycles. The van der Waals surface area contributed by atoms with Crippen LogP contribution in [0.15, 0.2) is 41.0 Å². The van der Waals surface area contributed by atoms with Crippen molar-refractivity contribution in [3.63, 3.8) is 0 Å². The van der Waals surface area contributed by atoms with Crippen LogP contribution in [0.2, 0.25) is 0 Å². The van der Waals surface area contributed by atoms with E-state index >= 15 is 0 Å². The Hall–Kier alpha value is -1.82. The molecule has 2 amide bonds. The van der Waals surface area contributed by atoms with Crippen molar-refractivity contribution in [2.24, 2.45) is 5.92 Å². The molecule has 5 nitrogen and oxygen atoms in total. The third-order valence-electron chi connectivity index (χ3n) is 3.49. The molecule has 1 aromatic rings. The Morgan fingerprint density at radius 2 is 2.05 bits per heavy atom. The van der Waals surface area contributed by atoms with Gasteiger partial charge in [0.25, 0.3) is 0 Å². The summed E-state index contributed by atoms with van der Waals surface area (Å²) in [6.45, 7) is 6.21. The number of hydrogen-bond donors (Lipinski definition) is 2. The number of unbranched alkanes of at least 4 members (excludes halogenated alkanes) is 1. The van der Waals surface area contributed by atoms with Gasteiger partial charge in [0, 0.05) is 10.2 Å². The second-order valence-corrected chi connectivity index (χ2v) is 6.07. The largest absolute Gasteiger partial charge is 0.465 e. The molecule has 0 bridgehead atoms. The van der Waals surface area contributed by atoms with Crippen LogP contribution in [0.1, 0.15) is 31.4 Å². The highest BCUT2D eigenvalue weighted by Gasteiger charge is 2.38. The van der Waals surface area contributed by atoms with Crippen LogP contribution in [0, 0.1) is 5.92 Å². The summed E-state index contributed by atoms with van der Waals surface area (Å²) in [5.41, 5.74) is 1.19. The number of ether oxygens (including phenoxy) is 1. The Balaban J connectivity index is 2.21. The highest BCUT2D eigenvalue weighted by Crippen LogP contribution is 2.31. The summed E-state index contributed by atoms with van der Waals surface area (Å²) in [5.74, 6) is -1.02. The van der Waals surface area contributed by atoms with Crippen molar-refractivity contribution in [2.75, 3.05) is 6.61 Å². The van der Waals surface area contributed by atoms with Crippen LogP contribution >= 0.6 is 15.9 Å². The van der Waals surface area contributed by atoms with Gasteiger partial charge in [-0.25, -0.2) is 4.79 Å². The van der Waals surface area contributed by atoms with Gasteiger partial charge < -0.3 is 15.4 Å². The lowest BCUT2D eigenvalue weighted by Crippen LogP contribution is -2.51. The number of rotatable bonds is 5. The zero-order valence-corrected chi connectivity index (χ0v) is 14.0. The van der Waals surface area contributed by atoms with Gasteiger partial charge in [-0.05, 0) is 24.1 Å². The van der Waals surface area contributed by atoms with E-state index in [1.54, 1.807) is 0 Å². The van der Waals surface area contributed by atoms with Gasteiger partial charge in [-0.1, -0.05) is 48.0 Å². The van der Waals surface area contributed by atoms with Gasteiger partial charge in [0.05, 0.1) is 12.6 Å². The van der Waals surface area contributed by atoms with Gasteiger partial charge >= 0.3 is 12.0 Å². The van der Waals surface area contributed by atoms with E-state index in [9.17, 15) is 9.59 Å². The maximum absolute atomic E-state index is 12.4. The minimum Gasteiger partial charge on any atom is -0.465 e. The number of esters is 1. The van der Waals surface area contributed by atoms with Crippen LogP contribution < -0.4 is 10.6 Å². The van der Waals surface area contributed by atoms with Crippen molar-refractivity contribution in [1.82, 2.24) is 10.6 Å². The van der Waals surface area contributed by atoms with Gasteiger partial charge in [-0.3, -0.25) is 4.79 Å². The summed E-state index contributed by atoms with van der Waals surface area (Å²) >= 11 is 3.37. The Morgan fingerprint density at radius 3 is 2.68 bits per heavy atom. The molecule has 6 heteroatoms. The first-order valence-corrected chi connectivity index (χ1v) is 8.00. The fourth-order valence-electron chi connectivity index (χ4n) is 2.32. The first kappa shape index (κ1) is 16.5. The van der Waals surface area contributed by atoms with Crippen molar-refractivity contribution in [3.05, 3.63) is 46.6 Å². The molecule has 2 rings (SSSR count). The SMILES string of the molecule is C=C1NC(=O)N[C@@H](c2ccc(Br)cc2)[C@@H]1C(=O)OCCCC. The summed E-state index contributed by atoms with van der Waals surface area (Å²) < 4.78 is 6.23. The van der Waals surface area contributed by atoms with E-state index in [2.05, 4.69) is 33.1 Å². The number of urea groups is 1. The quantitative estimate of drug-likeness (QED) is 0.620. The molecular weight excluding hydrogens is 348 g/mol. The van der Waals surface area contributed by atoms with Crippen LogP contribution in [0.4, 0.5) is 4.79 Å². The number of nitrogens with one attached hydrogen (secondary N) is 2. The van der Waals surface area contributed by atoms with Crippen molar-refractivity contribution in [1.29, 1.82) is 0 Å². The number of carbonyl (C=O) groups excluding carboxylic acids is 2.